The predicted octanol–water partition coefficient (Wildman–Crippen LogP) is 2.12. The molecule has 0 aromatic carbocycles. The fraction of sp³-hybridized carbons (Fsp3) is 0.565. The first-order chi connectivity index (χ1) is 15.5. The van der Waals surface area contributed by atoms with Crippen molar-refractivity contribution in [3.8, 4) is 5.88 Å². The summed E-state index contributed by atoms with van der Waals surface area (Å²) in [7, 11) is 4.02. The summed E-state index contributed by atoms with van der Waals surface area (Å²) in [4.78, 5) is 31.1. The van der Waals surface area contributed by atoms with Crippen LogP contribution in [0, 0.1) is 0 Å². The molecule has 1 unspecified atom stereocenters. The first kappa shape index (κ1) is 20.9. The Morgan fingerprint density at radius 3 is 2.78 bits per heavy atom. The molecule has 3 aliphatic rings. The lowest BCUT2D eigenvalue weighted by Gasteiger charge is -2.38. The van der Waals surface area contributed by atoms with Crippen molar-refractivity contribution in [2.75, 3.05) is 44.0 Å². The Morgan fingerprint density at radius 2 is 2.09 bits per heavy atom. The van der Waals surface area contributed by atoms with E-state index in [0.29, 0.717) is 30.9 Å². The predicted molar refractivity (Wildman–Crippen MR) is 122 cm³/mol. The number of nitrogens with one attached hydrogen (secondary N) is 2. The highest BCUT2D eigenvalue weighted by Crippen LogP contribution is 2.46. The number of hydrogen-bond donors (Lipinski definition) is 2. The second kappa shape index (κ2) is 8.54. The minimum Gasteiger partial charge on any atom is -0.476 e. The SMILES string of the molecule is CN(C)CCOc1ccc(Nc2ncc3c(n2)N(C2CCCC2)C2(CCNC2=O)C3)cn1. The van der Waals surface area contributed by atoms with Crippen LogP contribution < -0.4 is 20.3 Å². The van der Waals surface area contributed by atoms with Crippen molar-refractivity contribution in [1.82, 2.24) is 25.2 Å². The molecule has 32 heavy (non-hydrogen) atoms. The number of fused-ring (bicyclic) bond motifs is 1. The number of aromatic nitrogens is 3. The van der Waals surface area contributed by atoms with Crippen molar-refractivity contribution < 1.29 is 9.53 Å². The van der Waals surface area contributed by atoms with E-state index in [-0.39, 0.29) is 5.91 Å². The standard InChI is InChI=1S/C23H31N7O2/c1-29(2)11-12-32-19-8-7-17(15-25-19)27-22-26-14-16-13-23(9-10-24-21(23)31)30(20(16)28-22)18-5-3-4-6-18/h7-8,14-15,18H,3-6,9-13H2,1-2H3,(H,24,31)(H,26,27,28). The van der Waals surface area contributed by atoms with Gasteiger partial charge in [-0.2, -0.15) is 4.98 Å². The molecule has 9 heteroatoms. The molecule has 1 amide bonds. The van der Waals surface area contributed by atoms with Crippen LogP contribution in [0.4, 0.5) is 17.5 Å². The van der Waals surface area contributed by atoms with E-state index in [0.717, 1.165) is 49.4 Å². The number of carbonyl (C=O) groups is 1. The van der Waals surface area contributed by atoms with Crippen LogP contribution in [0.1, 0.15) is 37.7 Å². The van der Waals surface area contributed by atoms with E-state index in [1.807, 2.05) is 32.4 Å². The molecule has 9 nitrogen and oxygen atoms in total. The highest BCUT2D eigenvalue weighted by atomic mass is 16.5. The molecule has 170 valence electrons. The van der Waals surface area contributed by atoms with Crippen molar-refractivity contribution in [3.05, 3.63) is 30.1 Å². The van der Waals surface area contributed by atoms with Crippen molar-refractivity contribution in [2.45, 2.75) is 50.1 Å². The molecule has 1 spiro atoms. The Kier molecular flexibility index (Phi) is 5.58. The van der Waals surface area contributed by atoms with Gasteiger partial charge in [0.15, 0.2) is 0 Å². The van der Waals surface area contributed by atoms with E-state index in [9.17, 15) is 4.79 Å². The summed E-state index contributed by atoms with van der Waals surface area (Å²) in [6, 6.07) is 4.12. The van der Waals surface area contributed by atoms with Crippen molar-refractivity contribution in [1.29, 1.82) is 0 Å². The molecule has 2 aromatic rings. The normalized spacial score (nSPS) is 22.6. The van der Waals surface area contributed by atoms with Crippen LogP contribution in [0.15, 0.2) is 24.5 Å². The maximum absolute atomic E-state index is 12.9. The first-order valence-corrected chi connectivity index (χ1v) is 11.5. The molecular formula is C23H31N7O2. The quantitative estimate of drug-likeness (QED) is 0.680. The van der Waals surface area contributed by atoms with Crippen LogP contribution in [-0.4, -0.2) is 71.1 Å². The average molecular weight is 438 g/mol. The number of hydrogen-bond acceptors (Lipinski definition) is 8. The molecule has 0 radical (unpaired) electrons. The summed E-state index contributed by atoms with van der Waals surface area (Å²) in [5, 5.41) is 6.31. The van der Waals surface area contributed by atoms with Gasteiger partial charge in [0.1, 0.15) is 18.0 Å². The summed E-state index contributed by atoms with van der Waals surface area (Å²) in [6.07, 6.45) is 9.74. The second-order valence-electron chi connectivity index (χ2n) is 9.23. The number of rotatable bonds is 7. The van der Waals surface area contributed by atoms with Crippen LogP contribution in [-0.2, 0) is 11.2 Å². The van der Waals surface area contributed by atoms with Gasteiger partial charge >= 0.3 is 0 Å². The maximum atomic E-state index is 12.9. The van der Waals surface area contributed by atoms with Gasteiger partial charge in [0.05, 0.1) is 11.9 Å². The van der Waals surface area contributed by atoms with Crippen LogP contribution in [0.2, 0.25) is 0 Å². The smallest absolute Gasteiger partial charge is 0.246 e. The van der Waals surface area contributed by atoms with Gasteiger partial charge in [-0.05, 0) is 39.4 Å². The third-order valence-electron chi connectivity index (χ3n) is 6.73. The lowest BCUT2D eigenvalue weighted by atomic mass is 9.91. The highest BCUT2D eigenvalue weighted by Gasteiger charge is 2.55. The Balaban J connectivity index is 1.34. The molecule has 1 atom stereocenters. The number of amides is 1. The second-order valence-corrected chi connectivity index (χ2v) is 9.23. The van der Waals surface area contributed by atoms with Gasteiger partial charge in [-0.3, -0.25) is 4.79 Å². The van der Waals surface area contributed by atoms with Crippen molar-refractivity contribution in [2.24, 2.45) is 0 Å². The zero-order valence-electron chi connectivity index (χ0n) is 18.8. The molecule has 4 heterocycles. The van der Waals surface area contributed by atoms with Gasteiger partial charge in [-0.15, -0.1) is 0 Å². The Bertz CT molecular complexity index is 975. The monoisotopic (exact) mass is 437 g/mol. The summed E-state index contributed by atoms with van der Waals surface area (Å²) in [5.41, 5.74) is 1.35. The Labute approximate surface area is 188 Å². The van der Waals surface area contributed by atoms with Crippen LogP contribution in [0.25, 0.3) is 0 Å². The zero-order valence-corrected chi connectivity index (χ0v) is 18.8. The van der Waals surface area contributed by atoms with Gasteiger partial charge in [0, 0.05) is 43.4 Å². The highest BCUT2D eigenvalue weighted by molar-refractivity contribution is 5.94. The first-order valence-electron chi connectivity index (χ1n) is 11.5. The number of nitrogens with zero attached hydrogens (tertiary/aromatic N) is 5. The van der Waals surface area contributed by atoms with Gasteiger partial charge in [-0.1, -0.05) is 12.8 Å². The van der Waals surface area contributed by atoms with Gasteiger partial charge in [0.2, 0.25) is 17.7 Å². The lowest BCUT2D eigenvalue weighted by molar-refractivity contribution is -0.123. The van der Waals surface area contributed by atoms with Crippen molar-refractivity contribution in [3.63, 3.8) is 0 Å². The van der Waals surface area contributed by atoms with E-state index in [2.05, 4.69) is 30.4 Å². The molecule has 0 bridgehead atoms. The molecule has 2 aromatic heterocycles. The Morgan fingerprint density at radius 1 is 1.25 bits per heavy atom. The van der Waals surface area contributed by atoms with Crippen LogP contribution >= 0.6 is 0 Å². The average Bonchev–Trinajstić information content (AvgIpc) is 3.49. The van der Waals surface area contributed by atoms with E-state index < -0.39 is 5.54 Å². The minimum absolute atomic E-state index is 0.131. The largest absolute Gasteiger partial charge is 0.476 e. The molecule has 1 aliphatic carbocycles. The molecule has 1 saturated heterocycles. The molecule has 5 rings (SSSR count). The van der Waals surface area contributed by atoms with E-state index in [1.54, 1.807) is 6.20 Å². The molecule has 1 saturated carbocycles. The fourth-order valence-corrected chi connectivity index (χ4v) is 5.14. The fourth-order valence-electron chi connectivity index (χ4n) is 5.14. The van der Waals surface area contributed by atoms with Crippen molar-refractivity contribution >= 4 is 23.4 Å². The third-order valence-corrected chi connectivity index (χ3v) is 6.73. The lowest BCUT2D eigenvalue weighted by Crippen LogP contribution is -2.56. The number of pyridine rings is 1. The molecule has 2 fully saturated rings. The number of ether oxygens (including phenoxy) is 1. The number of carbonyl (C=O) groups excluding carboxylic acids is 1. The summed E-state index contributed by atoms with van der Waals surface area (Å²) in [5.74, 6) is 2.15. The molecule has 2 N–H and O–H groups in total. The summed E-state index contributed by atoms with van der Waals surface area (Å²) < 4.78 is 5.66. The van der Waals surface area contributed by atoms with Crippen LogP contribution in [0.3, 0.4) is 0 Å². The molecule has 2 aliphatic heterocycles. The minimum atomic E-state index is -0.502. The van der Waals surface area contributed by atoms with Gasteiger partial charge in [0.25, 0.3) is 0 Å². The Hall–Kier alpha value is -2.94. The number of likely N-dealkylation sites (N-methyl/N-ethyl adjacent to an activating group) is 1. The molecular weight excluding hydrogens is 406 g/mol. The summed E-state index contributed by atoms with van der Waals surface area (Å²) >= 11 is 0. The number of anilines is 3. The van der Waals surface area contributed by atoms with E-state index in [4.69, 9.17) is 9.72 Å². The third kappa shape index (κ3) is 3.85. The summed E-state index contributed by atoms with van der Waals surface area (Å²) in [6.45, 7) is 2.15. The van der Waals surface area contributed by atoms with Crippen LogP contribution in [0.5, 0.6) is 5.88 Å². The zero-order chi connectivity index (χ0) is 22.1. The van der Waals surface area contributed by atoms with E-state index in [1.165, 1.54) is 12.8 Å². The van der Waals surface area contributed by atoms with E-state index >= 15 is 0 Å². The topological polar surface area (TPSA) is 95.5 Å². The van der Waals surface area contributed by atoms with Gasteiger partial charge in [-0.25, -0.2) is 9.97 Å². The van der Waals surface area contributed by atoms with Gasteiger partial charge < -0.3 is 25.2 Å². The maximum Gasteiger partial charge on any atom is 0.246 e.